The highest BCUT2D eigenvalue weighted by Crippen LogP contribution is 2.28. The predicted octanol–water partition coefficient (Wildman–Crippen LogP) is 6.96. The van der Waals surface area contributed by atoms with E-state index in [4.69, 9.17) is 75.2 Å². The number of ether oxygens (including phenoxy) is 5. The smallest absolute Gasteiger partial charge is 0.243 e. The SMILES string of the molecule is Clc1nnc(Cl)c2cnccc12.Clc1nnc(OC[C@H]2CCCO2)c2ccncc12.Clc1nnc(OC[C@H]2CCCO2)c2cnccc12.OC[C@H]1CCCO1. The average Bonchev–Trinajstić information content (AvgIpc) is 4.06. The van der Waals surface area contributed by atoms with Gasteiger partial charge in [-0.25, -0.2) is 0 Å². The molecule has 3 atom stereocenters. The average molecular weight is 834 g/mol. The maximum atomic E-state index is 8.44. The molecule has 6 aromatic rings. The Labute approximate surface area is 336 Å². The minimum Gasteiger partial charge on any atom is -0.473 e. The van der Waals surface area contributed by atoms with Gasteiger partial charge in [0.1, 0.15) is 13.2 Å². The van der Waals surface area contributed by atoms with Crippen LogP contribution in [0.2, 0.25) is 20.6 Å². The fraction of sp³-hybridized carbons (Fsp3) is 0.417. The molecule has 0 saturated carbocycles. The zero-order valence-corrected chi connectivity index (χ0v) is 32.5. The van der Waals surface area contributed by atoms with Gasteiger partial charge in [0.25, 0.3) is 0 Å². The standard InChI is InChI=1S/2C12H12ClN3O2.C7H3Cl2N3.C5H10O2/c13-11-10-6-14-4-3-9(10)12(16-15-11)18-7-8-2-1-5-17-8;13-11-9-3-4-14-6-10(9)12(16-15-11)18-7-8-2-1-5-17-8;8-6-4-1-2-10-3-5(4)7(9)12-11-6;6-4-5-2-1-3-7-5/h2*3-4,6,8H,1-2,5,7H2;1-3H;5-6H,1-4H2/t2*8-;;5-/m11.1/s1. The van der Waals surface area contributed by atoms with Crippen molar-refractivity contribution in [2.75, 3.05) is 39.6 Å². The number of nitrogens with zero attached hydrogens (tertiary/aromatic N) is 9. The number of pyridine rings is 3. The number of rotatable bonds is 7. The Morgan fingerprint density at radius 3 is 1.33 bits per heavy atom. The van der Waals surface area contributed by atoms with E-state index in [1.165, 1.54) is 0 Å². The van der Waals surface area contributed by atoms with Gasteiger partial charge in [-0.2, -0.15) is 0 Å². The van der Waals surface area contributed by atoms with Gasteiger partial charge in [-0.15, -0.1) is 30.6 Å². The molecule has 15 nitrogen and oxygen atoms in total. The summed E-state index contributed by atoms with van der Waals surface area (Å²) >= 11 is 23.5. The number of hydrogen-bond donors (Lipinski definition) is 1. The van der Waals surface area contributed by atoms with Gasteiger partial charge in [0, 0.05) is 78.5 Å². The quantitative estimate of drug-likeness (QED) is 0.174. The molecule has 3 aliphatic rings. The van der Waals surface area contributed by atoms with Crippen LogP contribution in [0.3, 0.4) is 0 Å². The van der Waals surface area contributed by atoms with Crippen molar-refractivity contribution in [3.05, 3.63) is 76.0 Å². The molecule has 6 aromatic heterocycles. The Morgan fingerprint density at radius 2 is 0.891 bits per heavy atom. The van der Waals surface area contributed by atoms with Crippen molar-refractivity contribution in [2.24, 2.45) is 0 Å². The lowest BCUT2D eigenvalue weighted by Gasteiger charge is -2.11. The summed E-state index contributed by atoms with van der Waals surface area (Å²) in [5.41, 5.74) is 0. The first-order valence-corrected chi connectivity index (χ1v) is 19.1. The van der Waals surface area contributed by atoms with Gasteiger partial charge in [-0.3, -0.25) is 15.0 Å². The fourth-order valence-electron chi connectivity index (χ4n) is 5.72. The Hall–Kier alpha value is -3.93. The number of aliphatic hydroxyl groups excluding tert-OH is 1. The van der Waals surface area contributed by atoms with E-state index in [1.54, 1.807) is 49.3 Å². The first-order chi connectivity index (χ1) is 26.9. The van der Waals surface area contributed by atoms with Crippen molar-refractivity contribution >= 4 is 78.7 Å². The van der Waals surface area contributed by atoms with Gasteiger partial charge in [-0.1, -0.05) is 46.4 Å². The van der Waals surface area contributed by atoms with E-state index < -0.39 is 0 Å². The summed E-state index contributed by atoms with van der Waals surface area (Å²) in [5, 5.41) is 37.4. The zero-order valence-electron chi connectivity index (χ0n) is 29.4. The van der Waals surface area contributed by atoms with Crippen LogP contribution in [0.4, 0.5) is 0 Å². The summed E-state index contributed by atoms with van der Waals surface area (Å²) in [5.74, 6) is 0.935. The summed E-state index contributed by atoms with van der Waals surface area (Å²) in [4.78, 5) is 12.0. The molecular weight excluding hydrogens is 796 g/mol. The molecule has 55 heavy (non-hydrogen) atoms. The van der Waals surface area contributed by atoms with Crippen molar-refractivity contribution in [3.8, 4) is 11.8 Å². The van der Waals surface area contributed by atoms with E-state index in [9.17, 15) is 0 Å². The summed E-state index contributed by atoms with van der Waals surface area (Å²) in [7, 11) is 0. The second-order valence-electron chi connectivity index (χ2n) is 12.3. The number of aliphatic hydroxyl groups is 1. The van der Waals surface area contributed by atoms with E-state index >= 15 is 0 Å². The van der Waals surface area contributed by atoms with Gasteiger partial charge in [0.2, 0.25) is 11.8 Å². The Morgan fingerprint density at radius 1 is 0.509 bits per heavy atom. The van der Waals surface area contributed by atoms with Crippen molar-refractivity contribution in [2.45, 2.75) is 56.8 Å². The second-order valence-corrected chi connectivity index (χ2v) is 13.8. The van der Waals surface area contributed by atoms with E-state index in [0.29, 0.717) is 45.6 Å². The second kappa shape index (κ2) is 20.8. The van der Waals surface area contributed by atoms with Crippen LogP contribution in [0.1, 0.15) is 38.5 Å². The lowest BCUT2D eigenvalue weighted by atomic mass is 10.2. The molecule has 0 aliphatic carbocycles. The van der Waals surface area contributed by atoms with Gasteiger partial charge < -0.3 is 28.8 Å². The van der Waals surface area contributed by atoms with Crippen LogP contribution < -0.4 is 9.47 Å². The van der Waals surface area contributed by atoms with Crippen LogP contribution in [-0.4, -0.2) is 109 Å². The Bertz CT molecular complexity index is 2000. The highest BCUT2D eigenvalue weighted by Gasteiger charge is 2.19. The van der Waals surface area contributed by atoms with Crippen LogP contribution in [0, 0.1) is 0 Å². The third-order valence-electron chi connectivity index (χ3n) is 8.58. The third kappa shape index (κ3) is 11.3. The molecule has 19 heteroatoms. The first-order valence-electron chi connectivity index (χ1n) is 17.6. The molecule has 3 fully saturated rings. The maximum Gasteiger partial charge on any atom is 0.243 e. The highest BCUT2D eigenvalue weighted by molar-refractivity contribution is 6.38. The monoisotopic (exact) mass is 831 g/mol. The summed E-state index contributed by atoms with van der Waals surface area (Å²) < 4.78 is 27.4. The van der Waals surface area contributed by atoms with E-state index in [1.807, 2.05) is 6.07 Å². The van der Waals surface area contributed by atoms with Crippen LogP contribution in [0.25, 0.3) is 32.3 Å². The number of halogens is 4. The Balaban J connectivity index is 0.000000131. The molecule has 0 unspecified atom stereocenters. The van der Waals surface area contributed by atoms with Crippen LogP contribution in [-0.2, 0) is 14.2 Å². The van der Waals surface area contributed by atoms with E-state index in [0.717, 1.165) is 90.7 Å². The molecular formula is C36H37Cl4N9O6. The van der Waals surface area contributed by atoms with Crippen LogP contribution in [0.15, 0.2) is 55.4 Å². The molecule has 3 saturated heterocycles. The van der Waals surface area contributed by atoms with Gasteiger partial charge in [-0.05, 0) is 56.7 Å². The molecule has 0 bridgehead atoms. The number of hydrogen-bond acceptors (Lipinski definition) is 15. The highest BCUT2D eigenvalue weighted by atomic mass is 35.5. The molecule has 9 rings (SSSR count). The molecule has 0 radical (unpaired) electrons. The topological polar surface area (TPSA) is 182 Å². The zero-order chi connectivity index (χ0) is 38.4. The summed E-state index contributed by atoms with van der Waals surface area (Å²) in [6.07, 6.45) is 16.8. The van der Waals surface area contributed by atoms with Crippen LogP contribution >= 0.6 is 46.4 Å². The molecule has 9 heterocycles. The fourth-order valence-corrected chi connectivity index (χ4v) is 6.50. The van der Waals surface area contributed by atoms with Crippen molar-refractivity contribution in [1.82, 2.24) is 45.5 Å². The lowest BCUT2D eigenvalue weighted by Crippen LogP contribution is -2.17. The van der Waals surface area contributed by atoms with Gasteiger partial charge in [0.15, 0.2) is 20.6 Å². The first kappa shape index (κ1) is 40.7. The largest absolute Gasteiger partial charge is 0.473 e. The van der Waals surface area contributed by atoms with Gasteiger partial charge in [0.05, 0.1) is 35.7 Å². The predicted molar refractivity (Wildman–Crippen MR) is 207 cm³/mol. The van der Waals surface area contributed by atoms with E-state index in [2.05, 4.69) is 45.5 Å². The molecule has 3 aliphatic heterocycles. The van der Waals surface area contributed by atoms with Crippen molar-refractivity contribution in [1.29, 1.82) is 0 Å². The molecule has 1 N–H and O–H groups in total. The lowest BCUT2D eigenvalue weighted by molar-refractivity contribution is 0.0591. The summed E-state index contributed by atoms with van der Waals surface area (Å²) in [6, 6.07) is 5.37. The van der Waals surface area contributed by atoms with Crippen molar-refractivity contribution in [3.63, 3.8) is 0 Å². The molecule has 290 valence electrons. The minimum absolute atomic E-state index is 0.147. The van der Waals surface area contributed by atoms with Gasteiger partial charge >= 0.3 is 0 Å². The van der Waals surface area contributed by atoms with Crippen LogP contribution in [0.5, 0.6) is 11.8 Å². The molecule has 0 spiro atoms. The molecule has 0 amide bonds. The van der Waals surface area contributed by atoms with E-state index in [-0.39, 0.29) is 24.9 Å². The number of fused-ring (bicyclic) bond motifs is 3. The minimum atomic E-state index is 0.147. The summed E-state index contributed by atoms with van der Waals surface area (Å²) in [6.45, 7) is 3.63. The number of aromatic nitrogens is 9. The van der Waals surface area contributed by atoms with Crippen molar-refractivity contribution < 1.29 is 28.8 Å². The third-order valence-corrected chi connectivity index (χ3v) is 9.70. The normalized spacial score (nSPS) is 18.9. The Kier molecular flexibility index (Phi) is 15.4. The maximum absolute atomic E-state index is 8.44. The molecule has 0 aromatic carbocycles.